The summed E-state index contributed by atoms with van der Waals surface area (Å²) < 4.78 is 33.2. The van der Waals surface area contributed by atoms with Crippen LogP contribution < -0.4 is 0 Å². The van der Waals surface area contributed by atoms with Crippen molar-refractivity contribution < 1.29 is 18.3 Å². The van der Waals surface area contributed by atoms with Crippen LogP contribution in [-0.4, -0.2) is 49.9 Å². The molecule has 0 spiro atoms. The summed E-state index contributed by atoms with van der Waals surface area (Å²) in [7, 11) is -1.88. The van der Waals surface area contributed by atoms with Crippen molar-refractivity contribution in [2.24, 2.45) is 13.0 Å². The molecule has 10 heteroatoms. The van der Waals surface area contributed by atoms with Crippen LogP contribution in [0.4, 0.5) is 0 Å². The summed E-state index contributed by atoms with van der Waals surface area (Å²) in [4.78, 5) is 12.6. The van der Waals surface area contributed by atoms with Gasteiger partial charge in [0, 0.05) is 55.7 Å². The van der Waals surface area contributed by atoms with Gasteiger partial charge in [0.25, 0.3) is 0 Å². The van der Waals surface area contributed by atoms with Crippen LogP contribution in [0, 0.1) is 12.8 Å². The highest BCUT2D eigenvalue weighted by Gasteiger charge is 2.45. The van der Waals surface area contributed by atoms with Gasteiger partial charge in [0.05, 0.1) is 16.2 Å². The molecule has 6 rings (SSSR count). The molecule has 1 N–H and O–H groups in total. The number of carboxylic acid groups (broad SMARTS) is 1. The zero-order valence-electron chi connectivity index (χ0n) is 24.3. The molecule has 2 aromatic heterocycles. The van der Waals surface area contributed by atoms with Gasteiger partial charge < -0.3 is 9.67 Å². The Labute approximate surface area is 246 Å². The molecule has 2 aliphatic rings. The molecular weight excluding hydrogens is 550 g/mol. The lowest BCUT2D eigenvalue weighted by atomic mass is 9.93. The second-order valence-corrected chi connectivity index (χ2v) is 13.8. The zero-order valence-corrected chi connectivity index (χ0v) is 25.1. The Balaban J connectivity index is 1.33. The van der Waals surface area contributed by atoms with E-state index < -0.39 is 16.0 Å². The van der Waals surface area contributed by atoms with Crippen LogP contribution in [0.15, 0.2) is 65.8 Å². The first-order valence-electron chi connectivity index (χ1n) is 14.7. The Hall–Kier alpha value is -3.76. The molecule has 4 aromatic rings. The van der Waals surface area contributed by atoms with Gasteiger partial charge in [-0.3, -0.25) is 4.68 Å². The van der Waals surface area contributed by atoms with Gasteiger partial charge in [0.2, 0.25) is 10.0 Å². The van der Waals surface area contributed by atoms with E-state index in [-0.39, 0.29) is 29.9 Å². The fraction of sp³-hybridized carbons (Fsp3) is 0.406. The van der Waals surface area contributed by atoms with Crippen LogP contribution in [0.5, 0.6) is 0 Å². The Morgan fingerprint density at radius 3 is 2.69 bits per heavy atom. The van der Waals surface area contributed by atoms with E-state index in [0.29, 0.717) is 11.4 Å². The number of aromatic nitrogens is 4. The third kappa shape index (κ3) is 5.41. The molecule has 1 aliphatic carbocycles. The summed E-state index contributed by atoms with van der Waals surface area (Å²) in [5, 5.41) is 18.3. The lowest BCUT2D eigenvalue weighted by molar-refractivity contribution is 0.0695. The van der Waals surface area contributed by atoms with Crippen molar-refractivity contribution in [2.45, 2.75) is 69.2 Å². The Bertz CT molecular complexity index is 1740. The zero-order chi connectivity index (χ0) is 29.6. The summed E-state index contributed by atoms with van der Waals surface area (Å²) in [6.45, 7) is 4.81. The maximum Gasteiger partial charge on any atom is 0.337 e. The van der Waals surface area contributed by atoms with Gasteiger partial charge in [-0.2, -0.15) is 4.31 Å². The van der Waals surface area contributed by atoms with Crippen molar-refractivity contribution in [2.75, 3.05) is 6.54 Å². The Kier molecular flexibility index (Phi) is 7.53. The van der Waals surface area contributed by atoms with Gasteiger partial charge in [-0.1, -0.05) is 49.2 Å². The lowest BCUT2D eigenvalue weighted by Gasteiger charge is -2.24. The average Bonchev–Trinajstić information content (AvgIpc) is 3.43. The summed E-state index contributed by atoms with van der Waals surface area (Å²) in [5.74, 6) is -0.600. The highest BCUT2D eigenvalue weighted by atomic mass is 32.2. The summed E-state index contributed by atoms with van der Waals surface area (Å²) in [5.41, 5.74) is 5.38. The predicted octanol–water partition coefficient (Wildman–Crippen LogP) is 5.44. The van der Waals surface area contributed by atoms with Crippen LogP contribution in [0.3, 0.4) is 0 Å². The number of carbonyl (C=O) groups is 1. The smallest absolute Gasteiger partial charge is 0.337 e. The largest absolute Gasteiger partial charge is 0.478 e. The number of nitrogens with zero attached hydrogens (tertiary/aromatic N) is 5. The van der Waals surface area contributed by atoms with Crippen molar-refractivity contribution in [3.63, 3.8) is 0 Å². The number of rotatable bonds is 9. The van der Waals surface area contributed by atoms with Gasteiger partial charge >= 0.3 is 5.97 Å². The van der Waals surface area contributed by atoms with E-state index >= 15 is 0 Å². The number of benzene rings is 2. The molecule has 42 heavy (non-hydrogen) atoms. The molecule has 2 aromatic carbocycles. The minimum Gasteiger partial charge on any atom is -0.478 e. The van der Waals surface area contributed by atoms with Crippen molar-refractivity contribution in [3.05, 3.63) is 94.6 Å². The number of sulfonamides is 1. The van der Waals surface area contributed by atoms with E-state index in [1.165, 1.54) is 0 Å². The second-order valence-electron chi connectivity index (χ2n) is 11.8. The molecule has 3 heterocycles. The first kappa shape index (κ1) is 28.4. The van der Waals surface area contributed by atoms with Gasteiger partial charge in [-0.05, 0) is 73.1 Å². The predicted molar refractivity (Wildman–Crippen MR) is 159 cm³/mol. The number of aryl methyl sites for hydroxylation is 2. The minimum atomic E-state index is -3.70. The van der Waals surface area contributed by atoms with Crippen LogP contribution in [0.25, 0.3) is 5.69 Å². The molecule has 220 valence electrons. The van der Waals surface area contributed by atoms with Crippen LogP contribution in [-0.2, 0) is 30.0 Å². The molecule has 0 saturated heterocycles. The topological polar surface area (TPSA) is 110 Å². The first-order chi connectivity index (χ1) is 20.2. The molecular formula is C32H37N5O4S. The number of carboxylic acids is 1. The molecule has 3 atom stereocenters. The molecule has 1 saturated carbocycles. The van der Waals surface area contributed by atoms with Gasteiger partial charge in [0.15, 0.2) is 0 Å². The van der Waals surface area contributed by atoms with Crippen molar-refractivity contribution >= 4 is 16.0 Å². The standard InChI is InChI=1S/C32H37N5O4S/c1-4-5-7-22-15-24-11-10-21(2)14-30(24)42(40,41)36(18-22)19-23-8-6-9-25(16-23)37-13-12-26(32(38)39)31(37)28-17-27(28)29-20-35(3)34-33-29/h6,8-14,16,20,22,27-28H,4-5,7,15,17-19H2,1-3H3,(H,38,39)/t22-,27+,28+/m0/s1. The van der Waals surface area contributed by atoms with E-state index in [9.17, 15) is 18.3 Å². The monoisotopic (exact) mass is 587 g/mol. The molecule has 0 unspecified atom stereocenters. The SMILES string of the molecule is CCCC[C@H]1Cc2ccc(C)cc2S(=O)(=O)N(Cc2cccc(-n3ccc(C(=O)O)c3[C@@H]3C[C@H]3c3cn(C)nn3)c2)C1. The average molecular weight is 588 g/mol. The second kappa shape index (κ2) is 11.1. The minimum absolute atomic E-state index is 0.0107. The van der Waals surface area contributed by atoms with Crippen LogP contribution in [0.2, 0.25) is 0 Å². The lowest BCUT2D eigenvalue weighted by Crippen LogP contribution is -2.33. The summed E-state index contributed by atoms with van der Waals surface area (Å²) >= 11 is 0. The molecule has 0 amide bonds. The van der Waals surface area contributed by atoms with E-state index in [1.807, 2.05) is 61.1 Å². The molecule has 1 fully saturated rings. The number of unbranched alkanes of at least 4 members (excludes halogenated alkanes) is 1. The van der Waals surface area contributed by atoms with Crippen molar-refractivity contribution in [3.8, 4) is 5.69 Å². The maximum atomic E-state index is 14.0. The van der Waals surface area contributed by atoms with E-state index in [2.05, 4.69) is 17.2 Å². The fourth-order valence-corrected chi connectivity index (χ4v) is 8.23. The quantitative estimate of drug-likeness (QED) is 0.279. The van der Waals surface area contributed by atoms with Gasteiger partial charge in [0.1, 0.15) is 0 Å². The molecule has 1 aliphatic heterocycles. The molecule has 9 nitrogen and oxygen atoms in total. The fourth-order valence-electron chi connectivity index (χ4n) is 6.40. The maximum absolute atomic E-state index is 14.0. The van der Waals surface area contributed by atoms with Gasteiger partial charge in [-0.15, -0.1) is 5.10 Å². The van der Waals surface area contributed by atoms with Crippen molar-refractivity contribution in [1.82, 2.24) is 23.9 Å². The number of aromatic carboxylic acids is 1. The summed E-state index contributed by atoms with van der Waals surface area (Å²) in [6.07, 6.45) is 8.35. The number of hydrogen-bond acceptors (Lipinski definition) is 5. The Morgan fingerprint density at radius 2 is 1.95 bits per heavy atom. The van der Waals surface area contributed by atoms with E-state index in [1.54, 1.807) is 27.3 Å². The van der Waals surface area contributed by atoms with Crippen LogP contribution in [0.1, 0.15) is 82.9 Å². The third-order valence-electron chi connectivity index (χ3n) is 8.62. The molecule has 0 bridgehead atoms. The highest BCUT2D eigenvalue weighted by Crippen LogP contribution is 2.55. The highest BCUT2D eigenvalue weighted by molar-refractivity contribution is 7.89. The third-order valence-corrected chi connectivity index (χ3v) is 10.5. The van der Waals surface area contributed by atoms with E-state index in [4.69, 9.17) is 0 Å². The van der Waals surface area contributed by atoms with Crippen LogP contribution >= 0.6 is 0 Å². The van der Waals surface area contributed by atoms with E-state index in [0.717, 1.165) is 65.9 Å². The number of fused-ring (bicyclic) bond motifs is 1. The summed E-state index contributed by atoms with van der Waals surface area (Å²) in [6, 6.07) is 15.2. The number of hydrogen-bond donors (Lipinski definition) is 1. The van der Waals surface area contributed by atoms with Crippen molar-refractivity contribution in [1.29, 1.82) is 0 Å². The Morgan fingerprint density at radius 1 is 1.12 bits per heavy atom. The molecule has 0 radical (unpaired) electrons. The normalized spacial score (nSPS) is 21.5. The van der Waals surface area contributed by atoms with Gasteiger partial charge in [-0.25, -0.2) is 13.2 Å². The first-order valence-corrected chi connectivity index (χ1v) is 16.1.